The van der Waals surface area contributed by atoms with Crippen LogP contribution in [0, 0.1) is 0 Å². The summed E-state index contributed by atoms with van der Waals surface area (Å²) in [5.41, 5.74) is 8.51. The largest absolute Gasteiger partial charge is 0.488 e. The molecule has 2 N–H and O–H groups in total. The van der Waals surface area contributed by atoms with E-state index in [0.717, 1.165) is 22.0 Å². The minimum absolute atomic E-state index is 0.341. The smallest absolute Gasteiger partial charge is 0.129 e. The van der Waals surface area contributed by atoms with E-state index in [1.165, 1.54) is 0 Å². The average molecular weight is 294 g/mol. The van der Waals surface area contributed by atoms with Crippen molar-refractivity contribution in [2.24, 2.45) is 5.73 Å². The van der Waals surface area contributed by atoms with Gasteiger partial charge in [0.05, 0.1) is 11.1 Å². The first-order chi connectivity index (χ1) is 10.2. The molecule has 3 aromatic rings. The van der Waals surface area contributed by atoms with Gasteiger partial charge in [-0.3, -0.25) is 4.98 Å². The fourth-order valence-electron chi connectivity index (χ4n) is 2.17. The molecule has 1 heterocycles. The molecule has 0 atom stereocenters. The summed E-state index contributed by atoms with van der Waals surface area (Å²) >= 11 is 5.03. The van der Waals surface area contributed by atoms with E-state index < -0.39 is 0 Å². The van der Waals surface area contributed by atoms with Gasteiger partial charge in [0.2, 0.25) is 0 Å². The van der Waals surface area contributed by atoms with Crippen molar-refractivity contribution < 1.29 is 4.74 Å². The first-order valence-electron chi connectivity index (χ1n) is 6.59. The van der Waals surface area contributed by atoms with Gasteiger partial charge in [0, 0.05) is 11.6 Å². The van der Waals surface area contributed by atoms with Crippen molar-refractivity contribution in [1.82, 2.24) is 4.98 Å². The van der Waals surface area contributed by atoms with Crippen molar-refractivity contribution in [3.05, 3.63) is 71.9 Å². The second-order valence-corrected chi connectivity index (χ2v) is 5.12. The Hall–Kier alpha value is -2.46. The third-order valence-electron chi connectivity index (χ3n) is 3.21. The zero-order valence-corrected chi connectivity index (χ0v) is 12.1. The predicted octanol–water partition coefficient (Wildman–Crippen LogP) is 3.45. The Morgan fingerprint density at radius 1 is 1.10 bits per heavy atom. The average Bonchev–Trinajstić information content (AvgIpc) is 2.53. The summed E-state index contributed by atoms with van der Waals surface area (Å²) < 4.78 is 5.85. The van der Waals surface area contributed by atoms with Gasteiger partial charge >= 0.3 is 0 Å². The topological polar surface area (TPSA) is 48.1 Å². The molecule has 4 heteroatoms. The van der Waals surface area contributed by atoms with Gasteiger partial charge < -0.3 is 10.5 Å². The van der Waals surface area contributed by atoms with Crippen molar-refractivity contribution in [2.75, 3.05) is 0 Å². The second kappa shape index (κ2) is 5.89. The second-order valence-electron chi connectivity index (χ2n) is 4.68. The van der Waals surface area contributed by atoms with Gasteiger partial charge in [-0.15, -0.1) is 0 Å². The lowest BCUT2D eigenvalue weighted by atomic mass is 10.1. The van der Waals surface area contributed by atoms with Crippen LogP contribution in [-0.2, 0) is 6.61 Å². The van der Waals surface area contributed by atoms with E-state index in [0.29, 0.717) is 17.3 Å². The summed E-state index contributed by atoms with van der Waals surface area (Å²) in [7, 11) is 0. The van der Waals surface area contributed by atoms with E-state index in [1.807, 2.05) is 48.5 Å². The molecule has 3 nitrogen and oxygen atoms in total. The van der Waals surface area contributed by atoms with Crippen molar-refractivity contribution in [1.29, 1.82) is 0 Å². The number of thiocarbonyl (C=S) groups is 1. The van der Waals surface area contributed by atoms with Gasteiger partial charge in [-0.2, -0.15) is 0 Å². The molecule has 2 aromatic carbocycles. The van der Waals surface area contributed by atoms with Crippen LogP contribution in [0.1, 0.15) is 11.1 Å². The monoisotopic (exact) mass is 294 g/mol. The van der Waals surface area contributed by atoms with Crippen molar-refractivity contribution in [2.45, 2.75) is 6.61 Å². The quantitative estimate of drug-likeness (QED) is 0.749. The van der Waals surface area contributed by atoms with E-state index in [4.69, 9.17) is 22.7 Å². The fourth-order valence-corrected chi connectivity index (χ4v) is 2.34. The number of aromatic nitrogens is 1. The number of hydrogen-bond acceptors (Lipinski definition) is 3. The molecule has 104 valence electrons. The SMILES string of the molecule is NC(=S)c1ccccc1OCc1ccc2ncccc2c1. The Balaban J connectivity index is 1.82. The summed E-state index contributed by atoms with van der Waals surface area (Å²) in [5, 5.41) is 1.10. The van der Waals surface area contributed by atoms with Crippen LogP contribution in [0.25, 0.3) is 10.9 Å². The normalized spacial score (nSPS) is 10.5. The Labute approximate surface area is 128 Å². The molecule has 0 saturated heterocycles. The predicted molar refractivity (Wildman–Crippen MR) is 88.4 cm³/mol. The van der Waals surface area contributed by atoms with Gasteiger partial charge in [-0.25, -0.2) is 0 Å². The van der Waals surface area contributed by atoms with Crippen LogP contribution in [0.3, 0.4) is 0 Å². The van der Waals surface area contributed by atoms with Crippen LogP contribution in [0.2, 0.25) is 0 Å². The molecule has 21 heavy (non-hydrogen) atoms. The third kappa shape index (κ3) is 3.01. The molecular formula is C17H14N2OS. The van der Waals surface area contributed by atoms with Crippen LogP contribution in [0.4, 0.5) is 0 Å². The number of ether oxygens (including phenoxy) is 1. The molecule has 0 saturated carbocycles. The van der Waals surface area contributed by atoms with E-state index in [-0.39, 0.29) is 0 Å². The van der Waals surface area contributed by atoms with E-state index in [2.05, 4.69) is 11.1 Å². The number of para-hydroxylation sites is 1. The summed E-state index contributed by atoms with van der Waals surface area (Å²) in [6, 6.07) is 17.6. The lowest BCUT2D eigenvalue weighted by molar-refractivity contribution is 0.306. The summed E-state index contributed by atoms with van der Waals surface area (Å²) in [5.74, 6) is 0.705. The highest BCUT2D eigenvalue weighted by atomic mass is 32.1. The zero-order valence-electron chi connectivity index (χ0n) is 11.3. The Morgan fingerprint density at radius 3 is 2.81 bits per heavy atom. The molecule has 3 rings (SSSR count). The number of pyridine rings is 1. The number of nitrogens with two attached hydrogens (primary N) is 1. The third-order valence-corrected chi connectivity index (χ3v) is 3.43. The van der Waals surface area contributed by atoms with Crippen LogP contribution >= 0.6 is 12.2 Å². The maximum Gasteiger partial charge on any atom is 0.129 e. The molecule has 0 aliphatic heterocycles. The summed E-state index contributed by atoms with van der Waals surface area (Å²) in [6.45, 7) is 0.463. The van der Waals surface area contributed by atoms with Gasteiger partial charge in [0.15, 0.2) is 0 Å². The fraction of sp³-hybridized carbons (Fsp3) is 0.0588. The van der Waals surface area contributed by atoms with Gasteiger partial charge in [-0.05, 0) is 35.9 Å². The number of nitrogens with zero attached hydrogens (tertiary/aromatic N) is 1. The lowest BCUT2D eigenvalue weighted by Gasteiger charge is -2.10. The first kappa shape index (κ1) is 13.5. The maximum absolute atomic E-state index is 5.85. The maximum atomic E-state index is 5.85. The Bertz CT molecular complexity index is 801. The first-order valence-corrected chi connectivity index (χ1v) is 7.00. The number of hydrogen-bond donors (Lipinski definition) is 1. The highest BCUT2D eigenvalue weighted by Gasteiger charge is 2.06. The number of benzene rings is 2. The molecule has 0 aliphatic carbocycles. The highest BCUT2D eigenvalue weighted by molar-refractivity contribution is 7.80. The summed E-state index contributed by atoms with van der Waals surface area (Å²) in [6.07, 6.45) is 1.79. The van der Waals surface area contributed by atoms with Crippen LogP contribution in [0.15, 0.2) is 60.8 Å². The van der Waals surface area contributed by atoms with Crippen molar-refractivity contribution >= 4 is 28.1 Å². The summed E-state index contributed by atoms with van der Waals surface area (Å²) in [4.78, 5) is 4.64. The van der Waals surface area contributed by atoms with E-state index >= 15 is 0 Å². The van der Waals surface area contributed by atoms with Gasteiger partial charge in [0.1, 0.15) is 17.3 Å². The minimum Gasteiger partial charge on any atom is -0.488 e. The molecule has 0 amide bonds. The molecular weight excluding hydrogens is 280 g/mol. The van der Waals surface area contributed by atoms with Gasteiger partial charge in [0.25, 0.3) is 0 Å². The number of fused-ring (bicyclic) bond motifs is 1. The molecule has 0 fully saturated rings. The Morgan fingerprint density at radius 2 is 1.95 bits per heavy atom. The highest BCUT2D eigenvalue weighted by Crippen LogP contribution is 2.20. The molecule has 0 spiro atoms. The zero-order chi connectivity index (χ0) is 14.7. The molecule has 0 radical (unpaired) electrons. The van der Waals surface area contributed by atoms with E-state index in [9.17, 15) is 0 Å². The van der Waals surface area contributed by atoms with Gasteiger partial charge in [-0.1, -0.05) is 36.5 Å². The van der Waals surface area contributed by atoms with E-state index in [1.54, 1.807) is 6.20 Å². The van der Waals surface area contributed by atoms with Crippen LogP contribution < -0.4 is 10.5 Å². The van der Waals surface area contributed by atoms with Crippen molar-refractivity contribution in [3.8, 4) is 5.75 Å². The lowest BCUT2D eigenvalue weighted by Crippen LogP contribution is -2.11. The minimum atomic E-state index is 0.341. The molecule has 0 unspecified atom stereocenters. The van der Waals surface area contributed by atoms with Crippen LogP contribution in [-0.4, -0.2) is 9.97 Å². The molecule has 1 aromatic heterocycles. The standard InChI is InChI=1S/C17H14N2OS/c18-17(21)14-5-1-2-6-16(14)20-11-12-7-8-15-13(10-12)4-3-9-19-15/h1-10H,11H2,(H2,18,21). The molecule has 0 bridgehead atoms. The Kier molecular flexibility index (Phi) is 3.79. The van der Waals surface area contributed by atoms with Crippen molar-refractivity contribution in [3.63, 3.8) is 0 Å². The number of rotatable bonds is 4. The molecule has 0 aliphatic rings. The van der Waals surface area contributed by atoms with Crippen LogP contribution in [0.5, 0.6) is 5.75 Å².